The van der Waals surface area contributed by atoms with Crippen molar-refractivity contribution in [3.8, 4) is 5.75 Å². The maximum atomic E-state index is 13.6. The van der Waals surface area contributed by atoms with Crippen molar-refractivity contribution in [3.05, 3.63) is 65.5 Å². The lowest BCUT2D eigenvalue weighted by Crippen LogP contribution is -1.98. The molecule has 1 unspecified atom stereocenters. The van der Waals surface area contributed by atoms with E-state index >= 15 is 0 Å². The van der Waals surface area contributed by atoms with Crippen molar-refractivity contribution < 1.29 is 9.13 Å². The van der Waals surface area contributed by atoms with Gasteiger partial charge in [-0.1, -0.05) is 46.3 Å². The summed E-state index contributed by atoms with van der Waals surface area (Å²) >= 11 is 3.54. The summed E-state index contributed by atoms with van der Waals surface area (Å²) in [6, 6.07) is 14.7. The van der Waals surface area contributed by atoms with Gasteiger partial charge in [0, 0.05) is 10.4 Å². The Balaban J connectivity index is 2.11. The van der Waals surface area contributed by atoms with Gasteiger partial charge in [0.2, 0.25) is 0 Å². The monoisotopic (exact) mass is 308 g/mol. The lowest BCUT2D eigenvalue weighted by molar-refractivity contribution is 0.414. The Labute approximate surface area is 115 Å². The second kappa shape index (κ2) is 6.01. The molecule has 2 aromatic carbocycles. The van der Waals surface area contributed by atoms with Gasteiger partial charge in [0.1, 0.15) is 11.6 Å². The fraction of sp³-hybridized carbons (Fsp3) is 0.200. The normalized spacial score (nSPS) is 12.2. The third kappa shape index (κ3) is 3.10. The van der Waals surface area contributed by atoms with Crippen molar-refractivity contribution in [2.45, 2.75) is 11.2 Å². The minimum Gasteiger partial charge on any atom is -0.497 e. The molecule has 0 N–H and O–H groups in total. The fourth-order valence-electron chi connectivity index (χ4n) is 1.81. The second-order valence-corrected chi connectivity index (χ2v) is 5.15. The van der Waals surface area contributed by atoms with Gasteiger partial charge in [-0.15, -0.1) is 0 Å². The van der Waals surface area contributed by atoms with Gasteiger partial charge in [-0.2, -0.15) is 0 Å². The molecule has 0 aliphatic rings. The van der Waals surface area contributed by atoms with Crippen LogP contribution in [0.4, 0.5) is 4.39 Å². The molecule has 0 saturated carbocycles. The van der Waals surface area contributed by atoms with Crippen molar-refractivity contribution in [1.82, 2.24) is 0 Å². The van der Waals surface area contributed by atoms with Crippen LogP contribution in [0.25, 0.3) is 0 Å². The molecular weight excluding hydrogens is 295 g/mol. The first kappa shape index (κ1) is 13.1. The molecule has 1 atom stereocenters. The predicted octanol–water partition coefficient (Wildman–Crippen LogP) is 4.51. The van der Waals surface area contributed by atoms with E-state index in [1.807, 2.05) is 30.3 Å². The van der Waals surface area contributed by atoms with E-state index in [-0.39, 0.29) is 10.6 Å². The molecule has 18 heavy (non-hydrogen) atoms. The molecule has 1 nitrogen and oxygen atoms in total. The highest BCUT2D eigenvalue weighted by atomic mass is 79.9. The van der Waals surface area contributed by atoms with Crippen LogP contribution in [0, 0.1) is 5.82 Å². The van der Waals surface area contributed by atoms with E-state index in [1.165, 1.54) is 6.07 Å². The van der Waals surface area contributed by atoms with Crippen LogP contribution < -0.4 is 4.74 Å². The first-order chi connectivity index (χ1) is 8.70. The van der Waals surface area contributed by atoms with Crippen molar-refractivity contribution in [2.24, 2.45) is 0 Å². The van der Waals surface area contributed by atoms with E-state index in [0.717, 1.165) is 17.7 Å². The highest BCUT2D eigenvalue weighted by Crippen LogP contribution is 2.29. The summed E-state index contributed by atoms with van der Waals surface area (Å²) < 4.78 is 18.7. The molecule has 0 aliphatic carbocycles. The second-order valence-electron chi connectivity index (χ2n) is 4.04. The van der Waals surface area contributed by atoms with E-state index in [1.54, 1.807) is 19.2 Å². The Kier molecular flexibility index (Phi) is 4.37. The maximum absolute atomic E-state index is 13.6. The number of halogens is 2. The Morgan fingerprint density at radius 1 is 1.11 bits per heavy atom. The third-order valence-corrected chi connectivity index (χ3v) is 3.63. The molecule has 0 radical (unpaired) electrons. The lowest BCUT2D eigenvalue weighted by atomic mass is 10.0. The quantitative estimate of drug-likeness (QED) is 0.755. The maximum Gasteiger partial charge on any atom is 0.127 e. The Hall–Kier alpha value is -1.35. The minimum absolute atomic E-state index is 0.0212. The largest absolute Gasteiger partial charge is 0.497 e. The summed E-state index contributed by atoms with van der Waals surface area (Å²) in [4.78, 5) is -0.0212. The number of alkyl halides is 1. The molecule has 0 bridgehead atoms. The van der Waals surface area contributed by atoms with Crippen LogP contribution in [0.3, 0.4) is 0 Å². The van der Waals surface area contributed by atoms with E-state index in [4.69, 9.17) is 4.74 Å². The van der Waals surface area contributed by atoms with Crippen LogP contribution in [0.5, 0.6) is 5.75 Å². The number of benzene rings is 2. The van der Waals surface area contributed by atoms with Crippen molar-refractivity contribution >= 4 is 15.9 Å². The molecule has 0 amide bonds. The lowest BCUT2D eigenvalue weighted by Gasteiger charge is -2.11. The summed E-state index contributed by atoms with van der Waals surface area (Å²) in [5.41, 5.74) is 1.83. The Morgan fingerprint density at radius 3 is 2.39 bits per heavy atom. The van der Waals surface area contributed by atoms with E-state index < -0.39 is 0 Å². The molecule has 0 spiro atoms. The first-order valence-corrected chi connectivity index (χ1v) is 6.63. The highest BCUT2D eigenvalue weighted by Gasteiger charge is 2.12. The van der Waals surface area contributed by atoms with Crippen LogP contribution in [-0.2, 0) is 6.42 Å². The van der Waals surface area contributed by atoms with E-state index in [9.17, 15) is 4.39 Å². The van der Waals surface area contributed by atoms with Crippen LogP contribution in [0.2, 0.25) is 0 Å². The smallest absolute Gasteiger partial charge is 0.127 e. The van der Waals surface area contributed by atoms with Gasteiger partial charge in [-0.05, 0) is 30.2 Å². The average molecular weight is 309 g/mol. The number of ether oxygens (including phenoxy) is 1. The summed E-state index contributed by atoms with van der Waals surface area (Å²) in [6.07, 6.45) is 0.741. The van der Waals surface area contributed by atoms with Crippen molar-refractivity contribution in [1.29, 1.82) is 0 Å². The zero-order valence-electron chi connectivity index (χ0n) is 10.1. The topological polar surface area (TPSA) is 9.23 Å². The molecule has 0 fully saturated rings. The van der Waals surface area contributed by atoms with Crippen LogP contribution in [-0.4, -0.2) is 7.11 Å². The summed E-state index contributed by atoms with van der Waals surface area (Å²) in [5.74, 6) is 0.656. The van der Waals surface area contributed by atoms with Crippen LogP contribution >= 0.6 is 15.9 Å². The number of hydrogen-bond donors (Lipinski definition) is 0. The van der Waals surface area contributed by atoms with Crippen molar-refractivity contribution in [3.63, 3.8) is 0 Å². The molecule has 0 heterocycles. The number of methoxy groups -OCH3 is 1. The molecule has 0 saturated heterocycles. The van der Waals surface area contributed by atoms with Gasteiger partial charge >= 0.3 is 0 Å². The molecule has 94 valence electrons. The Bertz CT molecular complexity index is 510. The van der Waals surface area contributed by atoms with E-state index in [2.05, 4.69) is 15.9 Å². The minimum atomic E-state index is -0.173. The van der Waals surface area contributed by atoms with Crippen LogP contribution in [0.15, 0.2) is 48.5 Å². The predicted molar refractivity (Wildman–Crippen MR) is 74.8 cm³/mol. The van der Waals surface area contributed by atoms with Gasteiger partial charge in [0.05, 0.1) is 7.11 Å². The van der Waals surface area contributed by atoms with Crippen molar-refractivity contribution in [2.75, 3.05) is 7.11 Å². The van der Waals surface area contributed by atoms with E-state index in [0.29, 0.717) is 5.56 Å². The summed E-state index contributed by atoms with van der Waals surface area (Å²) in [5, 5.41) is 0. The molecular formula is C15H14BrFO. The number of hydrogen-bond acceptors (Lipinski definition) is 1. The highest BCUT2D eigenvalue weighted by molar-refractivity contribution is 9.09. The Morgan fingerprint density at radius 2 is 1.78 bits per heavy atom. The summed E-state index contributed by atoms with van der Waals surface area (Å²) in [7, 11) is 1.64. The first-order valence-electron chi connectivity index (χ1n) is 5.72. The van der Waals surface area contributed by atoms with Gasteiger partial charge in [0.25, 0.3) is 0 Å². The SMILES string of the molecule is COc1ccc(CC(Br)c2ccccc2F)cc1. The average Bonchev–Trinajstić information content (AvgIpc) is 2.40. The zero-order valence-corrected chi connectivity index (χ0v) is 11.7. The van der Waals surface area contributed by atoms with Crippen LogP contribution in [0.1, 0.15) is 16.0 Å². The fourth-order valence-corrected chi connectivity index (χ4v) is 2.55. The third-order valence-electron chi connectivity index (χ3n) is 2.82. The molecule has 3 heteroatoms. The van der Waals surface area contributed by atoms with Gasteiger partial charge in [-0.25, -0.2) is 4.39 Å². The number of rotatable bonds is 4. The van der Waals surface area contributed by atoms with Gasteiger partial charge in [-0.3, -0.25) is 0 Å². The molecule has 0 aliphatic heterocycles. The van der Waals surface area contributed by atoms with Gasteiger partial charge < -0.3 is 4.74 Å². The summed E-state index contributed by atoms with van der Waals surface area (Å²) in [6.45, 7) is 0. The molecule has 2 aromatic rings. The standard InChI is InChI=1S/C15H14BrFO/c1-18-12-8-6-11(7-9-12)10-14(16)13-4-2-3-5-15(13)17/h2-9,14H,10H2,1H3. The van der Waals surface area contributed by atoms with Gasteiger partial charge in [0.15, 0.2) is 0 Å². The molecule has 0 aromatic heterocycles. The molecule has 2 rings (SSSR count). The zero-order chi connectivity index (χ0) is 13.0.